The Morgan fingerprint density at radius 2 is 1.89 bits per heavy atom. The first-order chi connectivity index (χ1) is 17.1. The van der Waals surface area contributed by atoms with Crippen LogP contribution in [0.25, 0.3) is 22.3 Å². The lowest BCUT2D eigenvalue weighted by Gasteiger charge is -2.45. The first-order valence-corrected chi connectivity index (χ1v) is 11.9. The number of halogens is 3. The molecule has 0 saturated carbocycles. The number of amides is 1. The van der Waals surface area contributed by atoms with Crippen molar-refractivity contribution < 1.29 is 18.0 Å². The van der Waals surface area contributed by atoms with Crippen molar-refractivity contribution in [2.24, 2.45) is 14.1 Å². The predicted octanol–water partition coefficient (Wildman–Crippen LogP) is 4.38. The Balaban J connectivity index is 1.44. The van der Waals surface area contributed by atoms with Crippen LogP contribution in [-0.4, -0.2) is 46.4 Å². The van der Waals surface area contributed by atoms with Gasteiger partial charge >= 0.3 is 6.18 Å². The highest BCUT2D eigenvalue weighted by Gasteiger charge is 2.45. The molecule has 6 heterocycles. The average Bonchev–Trinajstić information content (AvgIpc) is 3.36. The van der Waals surface area contributed by atoms with Crippen LogP contribution < -0.4 is 0 Å². The molecule has 0 aromatic carbocycles. The van der Waals surface area contributed by atoms with Crippen molar-refractivity contribution in [2.45, 2.75) is 50.9 Å². The molecule has 4 aromatic rings. The van der Waals surface area contributed by atoms with E-state index in [0.717, 1.165) is 42.3 Å². The van der Waals surface area contributed by atoms with Crippen molar-refractivity contribution >= 4 is 16.8 Å². The zero-order valence-electron chi connectivity index (χ0n) is 20.0. The molecule has 1 amide bonds. The van der Waals surface area contributed by atoms with E-state index in [1.165, 1.54) is 11.7 Å². The maximum atomic E-state index is 13.9. The van der Waals surface area contributed by atoms with Crippen LogP contribution in [-0.2, 0) is 26.7 Å². The standard InChI is InChI=1S/C25H24F3N7O/c1-13-7-8-15-17(30-13)9-10-29-22(15)24(36)35-14-5-4-6-18(35)21-16(11-14)23(34(3)32-21)19-12-20(25(26,27)28)31-33(19)2/h7-10,12,14,18H,4-6,11H2,1-3H3/t14-,18+/m0/s1. The molecule has 0 aliphatic carbocycles. The summed E-state index contributed by atoms with van der Waals surface area (Å²) < 4.78 is 42.9. The molecular formula is C25H24F3N7O. The first-order valence-electron chi connectivity index (χ1n) is 11.9. The van der Waals surface area contributed by atoms with E-state index in [1.807, 2.05) is 24.0 Å². The number of pyridine rings is 2. The zero-order valence-corrected chi connectivity index (χ0v) is 20.0. The second-order valence-corrected chi connectivity index (χ2v) is 9.57. The lowest BCUT2D eigenvalue weighted by molar-refractivity contribution is -0.141. The molecule has 1 fully saturated rings. The molecule has 0 spiro atoms. The van der Waals surface area contributed by atoms with Gasteiger partial charge in [-0.2, -0.15) is 23.4 Å². The molecule has 2 aliphatic rings. The molecule has 11 heteroatoms. The monoisotopic (exact) mass is 495 g/mol. The van der Waals surface area contributed by atoms with E-state index in [0.29, 0.717) is 34.4 Å². The van der Waals surface area contributed by atoms with Crippen LogP contribution >= 0.6 is 0 Å². The summed E-state index contributed by atoms with van der Waals surface area (Å²) in [6.45, 7) is 1.90. The molecule has 0 N–H and O–H groups in total. The molecule has 36 heavy (non-hydrogen) atoms. The fourth-order valence-electron chi connectivity index (χ4n) is 5.75. The molecule has 1 saturated heterocycles. The maximum absolute atomic E-state index is 13.9. The molecule has 186 valence electrons. The fourth-order valence-corrected chi connectivity index (χ4v) is 5.75. The van der Waals surface area contributed by atoms with Gasteiger partial charge in [0.15, 0.2) is 5.69 Å². The van der Waals surface area contributed by atoms with Gasteiger partial charge in [-0.05, 0) is 56.9 Å². The van der Waals surface area contributed by atoms with E-state index in [2.05, 4.69) is 15.1 Å². The minimum absolute atomic E-state index is 0.0996. The number of hydrogen-bond donors (Lipinski definition) is 0. The first kappa shape index (κ1) is 22.7. The largest absolute Gasteiger partial charge is 0.435 e. The van der Waals surface area contributed by atoms with Crippen LogP contribution in [0.1, 0.15) is 58.4 Å². The molecular weight excluding hydrogens is 471 g/mol. The Morgan fingerprint density at radius 3 is 2.64 bits per heavy atom. The number of rotatable bonds is 2. The van der Waals surface area contributed by atoms with E-state index >= 15 is 0 Å². The van der Waals surface area contributed by atoms with Crippen molar-refractivity contribution in [1.29, 1.82) is 0 Å². The Bertz CT molecular complexity index is 1520. The van der Waals surface area contributed by atoms with Gasteiger partial charge in [-0.15, -0.1) is 0 Å². The normalized spacial score (nSPS) is 19.6. The molecule has 2 aliphatic heterocycles. The number of aryl methyl sites for hydroxylation is 3. The van der Waals surface area contributed by atoms with Crippen molar-refractivity contribution in [1.82, 2.24) is 34.4 Å². The third kappa shape index (κ3) is 3.40. The van der Waals surface area contributed by atoms with Crippen molar-refractivity contribution in [2.75, 3.05) is 0 Å². The minimum atomic E-state index is -4.53. The summed E-state index contributed by atoms with van der Waals surface area (Å²) in [6.07, 6.45) is 0.0533. The predicted molar refractivity (Wildman–Crippen MR) is 125 cm³/mol. The van der Waals surface area contributed by atoms with Gasteiger partial charge in [0.1, 0.15) is 5.69 Å². The second kappa shape index (κ2) is 7.87. The average molecular weight is 496 g/mol. The summed E-state index contributed by atoms with van der Waals surface area (Å²) in [5.74, 6) is -0.168. The van der Waals surface area contributed by atoms with Crippen LogP contribution in [0.15, 0.2) is 30.5 Å². The lowest BCUT2D eigenvalue weighted by atomic mass is 9.82. The van der Waals surface area contributed by atoms with Gasteiger partial charge in [0.05, 0.1) is 28.6 Å². The van der Waals surface area contributed by atoms with Gasteiger partial charge in [0.25, 0.3) is 5.91 Å². The van der Waals surface area contributed by atoms with Crippen LogP contribution in [0, 0.1) is 6.92 Å². The van der Waals surface area contributed by atoms with Gasteiger partial charge in [-0.3, -0.25) is 24.1 Å². The van der Waals surface area contributed by atoms with Gasteiger partial charge in [-0.1, -0.05) is 0 Å². The van der Waals surface area contributed by atoms with Crippen molar-refractivity contribution in [3.8, 4) is 11.4 Å². The SMILES string of the molecule is Cc1ccc2c(C(=O)N3[C@H]4CCC[C@@H]3c3nn(C)c(-c5cc(C(F)(F)F)nn5C)c3C4)nccc2n1. The lowest BCUT2D eigenvalue weighted by Crippen LogP contribution is -2.50. The smallest absolute Gasteiger partial charge is 0.325 e. The Hall–Kier alpha value is -3.76. The van der Waals surface area contributed by atoms with Crippen LogP contribution in [0.5, 0.6) is 0 Å². The van der Waals surface area contributed by atoms with Crippen LogP contribution in [0.3, 0.4) is 0 Å². The van der Waals surface area contributed by atoms with Crippen LogP contribution in [0.4, 0.5) is 13.2 Å². The summed E-state index contributed by atoms with van der Waals surface area (Å²) in [4.78, 5) is 24.8. The summed E-state index contributed by atoms with van der Waals surface area (Å²) in [5, 5.41) is 9.12. The highest BCUT2D eigenvalue weighted by atomic mass is 19.4. The highest BCUT2D eigenvalue weighted by molar-refractivity contribution is 6.04. The number of fused-ring (bicyclic) bond motifs is 5. The minimum Gasteiger partial charge on any atom is -0.325 e. The quantitative estimate of drug-likeness (QED) is 0.412. The second-order valence-electron chi connectivity index (χ2n) is 9.57. The number of aromatic nitrogens is 6. The molecule has 0 radical (unpaired) electrons. The van der Waals surface area contributed by atoms with E-state index in [4.69, 9.17) is 5.10 Å². The summed E-state index contributed by atoms with van der Waals surface area (Å²) >= 11 is 0. The molecule has 2 bridgehead atoms. The molecule has 8 nitrogen and oxygen atoms in total. The topological polar surface area (TPSA) is 81.7 Å². The van der Waals surface area contributed by atoms with E-state index in [9.17, 15) is 18.0 Å². The Labute approximate surface area is 204 Å². The molecule has 6 rings (SSSR count). The summed E-state index contributed by atoms with van der Waals surface area (Å²) in [5.41, 5.74) is 3.59. The third-order valence-electron chi connectivity index (χ3n) is 7.28. The zero-order chi connectivity index (χ0) is 25.4. The van der Waals surface area contributed by atoms with Gasteiger partial charge in [-0.25, -0.2) is 0 Å². The van der Waals surface area contributed by atoms with E-state index in [1.54, 1.807) is 24.0 Å². The molecule has 4 aromatic heterocycles. The number of carbonyl (C=O) groups is 1. The number of carbonyl (C=O) groups excluding carboxylic acids is 1. The summed E-state index contributed by atoms with van der Waals surface area (Å²) in [6, 6.07) is 6.23. The number of alkyl halides is 3. The number of piperidine rings is 1. The van der Waals surface area contributed by atoms with Crippen molar-refractivity contribution in [3.63, 3.8) is 0 Å². The number of hydrogen-bond acceptors (Lipinski definition) is 5. The van der Waals surface area contributed by atoms with E-state index < -0.39 is 11.9 Å². The maximum Gasteiger partial charge on any atom is 0.435 e. The highest BCUT2D eigenvalue weighted by Crippen LogP contribution is 2.45. The van der Waals surface area contributed by atoms with Gasteiger partial charge < -0.3 is 4.90 Å². The molecule has 2 atom stereocenters. The van der Waals surface area contributed by atoms with Gasteiger partial charge in [0, 0.05) is 43.0 Å². The Morgan fingerprint density at radius 1 is 1.08 bits per heavy atom. The third-order valence-corrected chi connectivity index (χ3v) is 7.28. The fraction of sp³-hybridized carbons (Fsp3) is 0.400. The number of nitrogens with zero attached hydrogens (tertiary/aromatic N) is 7. The van der Waals surface area contributed by atoms with Crippen LogP contribution in [0.2, 0.25) is 0 Å². The van der Waals surface area contributed by atoms with Crippen molar-refractivity contribution in [3.05, 3.63) is 58.8 Å². The van der Waals surface area contributed by atoms with Gasteiger partial charge in [0.2, 0.25) is 0 Å². The van der Waals surface area contributed by atoms with E-state index in [-0.39, 0.29) is 18.0 Å². The Kier molecular flexibility index (Phi) is 4.96. The summed E-state index contributed by atoms with van der Waals surface area (Å²) in [7, 11) is 3.23. The molecule has 0 unspecified atom stereocenters.